The Bertz CT molecular complexity index is 339. The van der Waals surface area contributed by atoms with E-state index in [1.54, 1.807) is 12.1 Å². The molecular weight excluding hydrogens is 201 g/mol. The summed E-state index contributed by atoms with van der Waals surface area (Å²) < 4.78 is 13.3. The molecule has 5 heteroatoms. The predicted octanol–water partition coefficient (Wildman–Crippen LogP) is 1.84. The number of halogens is 1. The minimum absolute atomic E-state index is 0.0247. The molecular formula is C10H12FNO3. The highest BCUT2D eigenvalue weighted by Crippen LogP contribution is 2.13. The van der Waals surface area contributed by atoms with Crippen LogP contribution in [0.1, 0.15) is 5.56 Å². The second-order valence-electron chi connectivity index (χ2n) is 3.20. The number of rotatable bonds is 3. The summed E-state index contributed by atoms with van der Waals surface area (Å²) >= 11 is 0. The Labute approximate surface area is 86.6 Å². The molecule has 1 aromatic rings. The third-order valence-electron chi connectivity index (χ3n) is 2.06. The molecule has 1 unspecified atom stereocenters. The van der Waals surface area contributed by atoms with Gasteiger partial charge in [-0.2, -0.15) is 0 Å². The molecule has 0 fully saturated rings. The second kappa shape index (κ2) is 4.63. The molecule has 0 radical (unpaired) electrons. The molecule has 0 saturated carbocycles. The summed E-state index contributed by atoms with van der Waals surface area (Å²) in [4.78, 5) is 11.0. The third kappa shape index (κ3) is 3.12. The van der Waals surface area contributed by atoms with Crippen LogP contribution >= 0.6 is 0 Å². The van der Waals surface area contributed by atoms with E-state index in [2.05, 4.69) is 0 Å². The van der Waals surface area contributed by atoms with Crippen molar-refractivity contribution in [1.82, 2.24) is 4.90 Å². The van der Waals surface area contributed by atoms with Crippen molar-refractivity contribution in [2.75, 3.05) is 7.05 Å². The molecule has 1 aromatic carbocycles. The zero-order valence-electron chi connectivity index (χ0n) is 8.22. The quantitative estimate of drug-likeness (QED) is 0.753. The maximum atomic E-state index is 13.3. The number of alkyl halides is 1. The highest BCUT2D eigenvalue weighted by molar-refractivity contribution is 5.64. The van der Waals surface area contributed by atoms with Crippen molar-refractivity contribution in [2.24, 2.45) is 0 Å². The molecule has 2 N–H and O–H groups in total. The second-order valence-corrected chi connectivity index (χ2v) is 3.20. The van der Waals surface area contributed by atoms with Crippen LogP contribution < -0.4 is 0 Å². The van der Waals surface area contributed by atoms with E-state index in [1.807, 2.05) is 0 Å². The summed E-state index contributed by atoms with van der Waals surface area (Å²) in [6.45, 7) is 0. The van der Waals surface area contributed by atoms with Crippen LogP contribution in [0, 0.1) is 0 Å². The molecule has 4 nitrogen and oxygen atoms in total. The molecule has 82 valence electrons. The van der Waals surface area contributed by atoms with E-state index >= 15 is 0 Å². The van der Waals surface area contributed by atoms with Crippen molar-refractivity contribution in [3.05, 3.63) is 29.8 Å². The number of carbonyl (C=O) groups is 1. The lowest BCUT2D eigenvalue weighted by Crippen LogP contribution is -2.34. The Kier molecular flexibility index (Phi) is 3.49. The van der Waals surface area contributed by atoms with Gasteiger partial charge in [-0.3, -0.25) is 4.90 Å². The number of carboxylic acid groups (broad SMARTS) is 1. The molecule has 0 bridgehead atoms. The first kappa shape index (κ1) is 11.3. The minimum atomic E-state index is -1.58. The predicted molar refractivity (Wildman–Crippen MR) is 52.5 cm³/mol. The van der Waals surface area contributed by atoms with Gasteiger partial charge < -0.3 is 10.2 Å². The van der Waals surface area contributed by atoms with Gasteiger partial charge in [-0.1, -0.05) is 12.1 Å². The van der Waals surface area contributed by atoms with E-state index in [4.69, 9.17) is 10.2 Å². The molecule has 0 heterocycles. The largest absolute Gasteiger partial charge is 0.508 e. The Morgan fingerprint density at radius 2 is 2.00 bits per heavy atom. The number of aromatic hydroxyl groups is 1. The zero-order chi connectivity index (χ0) is 11.4. The first-order valence-electron chi connectivity index (χ1n) is 4.38. The van der Waals surface area contributed by atoms with Crippen LogP contribution in [-0.2, 0) is 6.42 Å². The first-order chi connectivity index (χ1) is 7.00. The summed E-state index contributed by atoms with van der Waals surface area (Å²) in [6, 6.07) is 5.97. The van der Waals surface area contributed by atoms with Crippen molar-refractivity contribution in [1.29, 1.82) is 0 Å². The summed E-state index contributed by atoms with van der Waals surface area (Å²) in [6.07, 6.45) is -2.91. The molecule has 0 aromatic heterocycles. The van der Waals surface area contributed by atoms with Gasteiger partial charge in [0.25, 0.3) is 0 Å². The Morgan fingerprint density at radius 3 is 2.47 bits per heavy atom. The summed E-state index contributed by atoms with van der Waals surface area (Å²) in [7, 11) is 1.17. The summed E-state index contributed by atoms with van der Waals surface area (Å²) in [5.41, 5.74) is 0.633. The van der Waals surface area contributed by atoms with E-state index in [0.717, 1.165) is 0 Å². The fourth-order valence-corrected chi connectivity index (χ4v) is 1.08. The van der Waals surface area contributed by atoms with Crippen LogP contribution in [0.15, 0.2) is 24.3 Å². The molecule has 1 atom stereocenters. The van der Waals surface area contributed by atoms with Crippen LogP contribution in [0.2, 0.25) is 0 Å². The van der Waals surface area contributed by atoms with Crippen LogP contribution in [0.3, 0.4) is 0 Å². The number of nitrogens with zero attached hydrogens (tertiary/aromatic N) is 1. The fourth-order valence-electron chi connectivity index (χ4n) is 1.08. The normalized spacial score (nSPS) is 12.1. The topological polar surface area (TPSA) is 60.8 Å². The van der Waals surface area contributed by atoms with Gasteiger partial charge in [-0.15, -0.1) is 0 Å². The van der Waals surface area contributed by atoms with Gasteiger partial charge in [0.05, 0.1) is 0 Å². The van der Waals surface area contributed by atoms with Crippen molar-refractivity contribution < 1.29 is 19.4 Å². The fraction of sp³-hybridized carbons (Fsp3) is 0.300. The SMILES string of the molecule is CN(C(=O)O)C(F)Cc1ccc(O)cc1. The van der Waals surface area contributed by atoms with Gasteiger partial charge in [0.1, 0.15) is 5.75 Å². The number of likely N-dealkylation sites (N-methyl/N-ethyl adjacent to an activating group) is 1. The zero-order valence-corrected chi connectivity index (χ0v) is 8.22. The molecule has 15 heavy (non-hydrogen) atoms. The number of hydrogen-bond acceptors (Lipinski definition) is 2. The van der Waals surface area contributed by atoms with Crippen molar-refractivity contribution in [3.63, 3.8) is 0 Å². The van der Waals surface area contributed by atoms with E-state index < -0.39 is 12.4 Å². The number of hydrogen-bond donors (Lipinski definition) is 2. The van der Waals surface area contributed by atoms with Gasteiger partial charge >= 0.3 is 6.09 Å². The average Bonchev–Trinajstić information content (AvgIpc) is 2.20. The van der Waals surface area contributed by atoms with E-state index in [9.17, 15) is 9.18 Å². The van der Waals surface area contributed by atoms with E-state index in [-0.39, 0.29) is 12.2 Å². The molecule has 0 spiro atoms. The van der Waals surface area contributed by atoms with Gasteiger partial charge in [0.15, 0.2) is 6.30 Å². The first-order valence-corrected chi connectivity index (χ1v) is 4.38. The Hall–Kier alpha value is -1.78. The Morgan fingerprint density at radius 1 is 1.47 bits per heavy atom. The number of phenolic OH excluding ortho intramolecular Hbond substituents is 1. The highest BCUT2D eigenvalue weighted by atomic mass is 19.1. The van der Waals surface area contributed by atoms with Gasteiger partial charge in [0, 0.05) is 13.5 Å². The molecule has 1 amide bonds. The van der Waals surface area contributed by atoms with Gasteiger partial charge in [-0.25, -0.2) is 9.18 Å². The van der Waals surface area contributed by atoms with Gasteiger partial charge in [-0.05, 0) is 17.7 Å². The number of phenols is 1. The molecule has 0 aliphatic carbocycles. The van der Waals surface area contributed by atoms with Crippen LogP contribution in [-0.4, -0.2) is 34.5 Å². The summed E-state index contributed by atoms with van der Waals surface area (Å²) in [5, 5.41) is 17.5. The maximum Gasteiger partial charge on any atom is 0.409 e. The number of benzene rings is 1. The van der Waals surface area contributed by atoms with Crippen LogP contribution in [0.25, 0.3) is 0 Å². The molecule has 0 saturated heterocycles. The highest BCUT2D eigenvalue weighted by Gasteiger charge is 2.18. The van der Waals surface area contributed by atoms with Gasteiger partial charge in [0.2, 0.25) is 0 Å². The van der Waals surface area contributed by atoms with Crippen LogP contribution in [0.4, 0.5) is 9.18 Å². The third-order valence-corrected chi connectivity index (χ3v) is 2.06. The standard InChI is InChI=1S/C10H12FNO3/c1-12(10(14)15)9(11)6-7-2-4-8(13)5-3-7/h2-5,9,13H,6H2,1H3,(H,14,15). The smallest absolute Gasteiger partial charge is 0.409 e. The van der Waals surface area contributed by atoms with Crippen molar-refractivity contribution >= 4 is 6.09 Å². The lowest BCUT2D eigenvalue weighted by atomic mass is 10.1. The average molecular weight is 213 g/mol. The van der Waals surface area contributed by atoms with Crippen LogP contribution in [0.5, 0.6) is 5.75 Å². The molecule has 0 aliphatic rings. The molecule has 1 rings (SSSR count). The maximum absolute atomic E-state index is 13.3. The van der Waals surface area contributed by atoms with Crippen molar-refractivity contribution in [3.8, 4) is 5.75 Å². The molecule has 0 aliphatic heterocycles. The number of amides is 1. The Balaban J connectivity index is 2.62. The van der Waals surface area contributed by atoms with E-state index in [0.29, 0.717) is 10.5 Å². The lowest BCUT2D eigenvalue weighted by molar-refractivity contribution is 0.0897. The summed E-state index contributed by atoms with van der Waals surface area (Å²) in [5.74, 6) is 0.0979. The monoisotopic (exact) mass is 213 g/mol. The lowest BCUT2D eigenvalue weighted by Gasteiger charge is -2.18. The van der Waals surface area contributed by atoms with Crippen molar-refractivity contribution in [2.45, 2.75) is 12.7 Å². The minimum Gasteiger partial charge on any atom is -0.508 e. The van der Waals surface area contributed by atoms with E-state index in [1.165, 1.54) is 19.2 Å².